The number of fused-ring (bicyclic) bond motifs is 1. The molecule has 1 aliphatic rings. The standard InChI is InChI=1S/C28H27N7O2/c1-35(23-9-12-37-13-10-23)28(36)25-14-19-2-3-20(15-24(19)33-25)27-29-11-8-26(34-27)32-22-6-4-18(5-7-22)21-16-30-31-17-21/h2-8,11,14-17,23,33H,9-10,12-13H2,1H3,(H,30,31)(H,29,32,34). The predicted molar refractivity (Wildman–Crippen MR) is 143 cm³/mol. The molecule has 0 radical (unpaired) electrons. The summed E-state index contributed by atoms with van der Waals surface area (Å²) in [7, 11) is 1.87. The first-order valence-electron chi connectivity index (χ1n) is 12.3. The maximum Gasteiger partial charge on any atom is 0.270 e. The number of carbonyl (C=O) groups excluding carboxylic acids is 1. The Bertz CT molecular complexity index is 1520. The molecule has 0 unspecified atom stereocenters. The monoisotopic (exact) mass is 493 g/mol. The second-order valence-corrected chi connectivity index (χ2v) is 9.20. The van der Waals surface area contributed by atoms with Gasteiger partial charge in [0.15, 0.2) is 5.82 Å². The van der Waals surface area contributed by atoms with E-state index in [1.807, 2.05) is 72.7 Å². The second kappa shape index (κ2) is 9.87. The highest BCUT2D eigenvalue weighted by molar-refractivity contribution is 5.98. The smallest absolute Gasteiger partial charge is 0.270 e. The Labute approximate surface area is 213 Å². The third-order valence-electron chi connectivity index (χ3n) is 6.81. The van der Waals surface area contributed by atoms with Crippen LogP contribution in [0, 0.1) is 0 Å². The molecule has 0 bridgehead atoms. The summed E-state index contributed by atoms with van der Waals surface area (Å²) in [5.41, 5.74) is 5.36. The van der Waals surface area contributed by atoms with E-state index in [1.54, 1.807) is 12.4 Å². The fourth-order valence-electron chi connectivity index (χ4n) is 4.68. The molecule has 0 saturated carbocycles. The van der Waals surface area contributed by atoms with E-state index in [9.17, 15) is 4.79 Å². The van der Waals surface area contributed by atoms with E-state index in [0.29, 0.717) is 30.5 Å². The Kier molecular flexibility index (Phi) is 6.11. The van der Waals surface area contributed by atoms with Crippen LogP contribution in [0.4, 0.5) is 11.5 Å². The van der Waals surface area contributed by atoms with Crippen LogP contribution in [0.15, 0.2) is 73.2 Å². The van der Waals surface area contributed by atoms with Gasteiger partial charge in [0.25, 0.3) is 5.91 Å². The number of anilines is 2. The van der Waals surface area contributed by atoms with Crippen molar-refractivity contribution in [2.45, 2.75) is 18.9 Å². The summed E-state index contributed by atoms with van der Waals surface area (Å²) in [6.45, 7) is 1.39. The number of hydrogen-bond acceptors (Lipinski definition) is 6. The number of H-pyrrole nitrogens is 2. The Morgan fingerprint density at radius 3 is 2.62 bits per heavy atom. The fourth-order valence-corrected chi connectivity index (χ4v) is 4.68. The lowest BCUT2D eigenvalue weighted by Crippen LogP contribution is -2.40. The molecule has 1 amide bonds. The first-order valence-corrected chi connectivity index (χ1v) is 12.3. The van der Waals surface area contributed by atoms with Crippen molar-refractivity contribution in [3.05, 3.63) is 78.9 Å². The molecule has 1 aliphatic heterocycles. The van der Waals surface area contributed by atoms with Gasteiger partial charge in [0.2, 0.25) is 0 Å². The molecule has 0 spiro atoms. The van der Waals surface area contributed by atoms with Crippen molar-refractivity contribution < 1.29 is 9.53 Å². The Morgan fingerprint density at radius 2 is 1.84 bits per heavy atom. The number of amides is 1. The Morgan fingerprint density at radius 1 is 1.03 bits per heavy atom. The minimum atomic E-state index is -0.00844. The first-order chi connectivity index (χ1) is 18.1. The molecular weight excluding hydrogens is 466 g/mol. The van der Waals surface area contributed by atoms with E-state index >= 15 is 0 Å². The van der Waals surface area contributed by atoms with Crippen molar-refractivity contribution >= 4 is 28.3 Å². The SMILES string of the molecule is CN(C(=O)c1cc2ccc(-c3nccc(Nc4ccc(-c5cn[nH]c5)cc4)n3)cc2[nH]1)C1CCOCC1. The van der Waals surface area contributed by atoms with E-state index in [0.717, 1.165) is 46.1 Å². The van der Waals surface area contributed by atoms with Gasteiger partial charge in [0, 0.05) is 66.4 Å². The van der Waals surface area contributed by atoms with Crippen molar-refractivity contribution in [3.8, 4) is 22.5 Å². The summed E-state index contributed by atoms with van der Waals surface area (Å²) >= 11 is 0. The highest BCUT2D eigenvalue weighted by Gasteiger charge is 2.24. The van der Waals surface area contributed by atoms with Gasteiger partial charge in [0.05, 0.1) is 6.20 Å². The predicted octanol–water partition coefficient (Wildman–Crippen LogP) is 5.01. The summed E-state index contributed by atoms with van der Waals surface area (Å²) in [4.78, 5) is 27.4. The molecule has 9 nitrogen and oxygen atoms in total. The zero-order valence-corrected chi connectivity index (χ0v) is 20.4. The number of hydrogen-bond donors (Lipinski definition) is 3. The van der Waals surface area contributed by atoms with Crippen molar-refractivity contribution in [2.24, 2.45) is 0 Å². The quantitative estimate of drug-likeness (QED) is 0.307. The van der Waals surface area contributed by atoms with Crippen molar-refractivity contribution in [1.29, 1.82) is 0 Å². The van der Waals surface area contributed by atoms with Crippen LogP contribution in [0.2, 0.25) is 0 Å². The van der Waals surface area contributed by atoms with Crippen LogP contribution < -0.4 is 5.32 Å². The molecule has 0 aliphatic carbocycles. The zero-order chi connectivity index (χ0) is 25.2. The third-order valence-corrected chi connectivity index (χ3v) is 6.81. The number of nitrogens with one attached hydrogen (secondary N) is 3. The molecule has 3 aromatic heterocycles. The van der Waals surface area contributed by atoms with Crippen molar-refractivity contribution in [1.82, 2.24) is 30.0 Å². The molecule has 1 fully saturated rings. The van der Waals surface area contributed by atoms with Gasteiger partial charge in [0.1, 0.15) is 11.5 Å². The summed E-state index contributed by atoms with van der Waals surface area (Å²) in [5.74, 6) is 1.29. The van der Waals surface area contributed by atoms with Crippen LogP contribution in [0.3, 0.4) is 0 Å². The number of ether oxygens (including phenoxy) is 1. The topological polar surface area (TPSA) is 112 Å². The average Bonchev–Trinajstić information content (AvgIpc) is 3.63. The maximum atomic E-state index is 13.1. The van der Waals surface area contributed by atoms with Crippen LogP contribution in [0.1, 0.15) is 23.3 Å². The lowest BCUT2D eigenvalue weighted by molar-refractivity contribution is 0.0359. The summed E-state index contributed by atoms with van der Waals surface area (Å²) in [6.07, 6.45) is 7.12. The van der Waals surface area contributed by atoms with Crippen LogP contribution in [-0.2, 0) is 4.74 Å². The third kappa shape index (κ3) is 4.81. The minimum absolute atomic E-state index is 0.00844. The van der Waals surface area contributed by atoms with Gasteiger partial charge in [-0.05, 0) is 48.7 Å². The van der Waals surface area contributed by atoms with E-state index in [1.165, 1.54) is 0 Å². The lowest BCUT2D eigenvalue weighted by atomic mass is 10.1. The van der Waals surface area contributed by atoms with E-state index in [2.05, 4.69) is 25.5 Å². The van der Waals surface area contributed by atoms with Gasteiger partial charge in [-0.15, -0.1) is 0 Å². The van der Waals surface area contributed by atoms with Crippen molar-refractivity contribution in [3.63, 3.8) is 0 Å². The second-order valence-electron chi connectivity index (χ2n) is 9.20. The minimum Gasteiger partial charge on any atom is -0.381 e. The number of rotatable bonds is 6. The van der Waals surface area contributed by atoms with Crippen molar-refractivity contribution in [2.75, 3.05) is 25.6 Å². The lowest BCUT2D eigenvalue weighted by Gasteiger charge is -2.30. The van der Waals surface area contributed by atoms with Crippen LogP contribution in [0.5, 0.6) is 0 Å². The molecule has 0 atom stereocenters. The number of benzene rings is 2. The zero-order valence-electron chi connectivity index (χ0n) is 20.4. The van der Waals surface area contributed by atoms with Crippen LogP contribution >= 0.6 is 0 Å². The first kappa shape index (κ1) is 22.9. The van der Waals surface area contributed by atoms with E-state index in [4.69, 9.17) is 9.72 Å². The molecule has 6 rings (SSSR count). The van der Waals surface area contributed by atoms with Gasteiger partial charge in [-0.1, -0.05) is 24.3 Å². The average molecular weight is 494 g/mol. The Balaban J connectivity index is 1.20. The molecule has 3 N–H and O–H groups in total. The molecule has 37 heavy (non-hydrogen) atoms. The molecule has 186 valence electrons. The summed E-state index contributed by atoms with van der Waals surface area (Å²) in [6, 6.07) is 18.0. The van der Waals surface area contributed by atoms with Gasteiger partial charge in [-0.25, -0.2) is 9.97 Å². The summed E-state index contributed by atoms with van der Waals surface area (Å²) < 4.78 is 5.43. The highest BCUT2D eigenvalue weighted by atomic mass is 16.5. The number of aromatic nitrogens is 5. The molecule has 5 aromatic rings. The molecule has 1 saturated heterocycles. The normalized spacial score (nSPS) is 14.1. The van der Waals surface area contributed by atoms with Gasteiger partial charge >= 0.3 is 0 Å². The number of aromatic amines is 2. The fraction of sp³-hybridized carbons (Fsp3) is 0.214. The largest absolute Gasteiger partial charge is 0.381 e. The highest BCUT2D eigenvalue weighted by Crippen LogP contribution is 2.26. The van der Waals surface area contributed by atoms with Crippen LogP contribution in [-0.4, -0.2) is 62.3 Å². The van der Waals surface area contributed by atoms with Gasteiger partial charge in [-0.2, -0.15) is 5.10 Å². The molecule has 2 aromatic carbocycles. The number of carbonyl (C=O) groups is 1. The Hall–Kier alpha value is -4.50. The molecule has 9 heteroatoms. The van der Waals surface area contributed by atoms with Gasteiger partial charge in [-0.3, -0.25) is 9.89 Å². The van der Waals surface area contributed by atoms with E-state index in [-0.39, 0.29) is 11.9 Å². The molecular formula is C28H27N7O2. The maximum absolute atomic E-state index is 13.1. The van der Waals surface area contributed by atoms with E-state index < -0.39 is 0 Å². The van der Waals surface area contributed by atoms with Crippen LogP contribution in [0.25, 0.3) is 33.4 Å². The molecule has 4 heterocycles. The van der Waals surface area contributed by atoms with Gasteiger partial charge < -0.3 is 19.9 Å². The number of nitrogens with zero attached hydrogens (tertiary/aromatic N) is 4. The summed E-state index contributed by atoms with van der Waals surface area (Å²) in [5, 5.41) is 11.1.